The van der Waals surface area contributed by atoms with Crippen molar-refractivity contribution in [2.75, 3.05) is 31.9 Å². The second-order valence-corrected chi connectivity index (χ2v) is 7.73. The van der Waals surface area contributed by atoms with Gasteiger partial charge in [0.25, 0.3) is 0 Å². The Labute approximate surface area is 162 Å². The first-order valence-corrected chi connectivity index (χ1v) is 10.2. The molecule has 1 aliphatic heterocycles. The molecule has 0 radical (unpaired) electrons. The predicted molar refractivity (Wildman–Crippen MR) is 105 cm³/mol. The molecule has 0 unspecified atom stereocenters. The number of benzene rings is 1. The fraction of sp³-hybridized carbons (Fsp3) is 0.500. The summed E-state index contributed by atoms with van der Waals surface area (Å²) in [5.41, 5.74) is 1.90. The molecule has 1 aromatic carbocycles. The van der Waals surface area contributed by atoms with E-state index in [-0.39, 0.29) is 11.8 Å². The van der Waals surface area contributed by atoms with Gasteiger partial charge < -0.3 is 14.4 Å². The van der Waals surface area contributed by atoms with Crippen LogP contribution in [0, 0.1) is 0 Å². The maximum atomic E-state index is 12.5. The van der Waals surface area contributed by atoms with Gasteiger partial charge in [0.1, 0.15) is 0 Å². The highest BCUT2D eigenvalue weighted by atomic mass is 35.5. The monoisotopic (exact) mass is 394 g/mol. The summed E-state index contributed by atoms with van der Waals surface area (Å²) in [6, 6.07) is 5.70. The van der Waals surface area contributed by atoms with Crippen LogP contribution in [0.25, 0.3) is 11.0 Å². The van der Waals surface area contributed by atoms with Gasteiger partial charge >= 0.3 is 0 Å². The van der Waals surface area contributed by atoms with Crippen LogP contribution >= 0.6 is 23.4 Å². The number of hydrogen-bond acceptors (Lipinski definition) is 4. The van der Waals surface area contributed by atoms with Crippen LogP contribution in [-0.4, -0.2) is 63.1 Å². The lowest BCUT2D eigenvalue weighted by Gasteiger charge is -2.34. The van der Waals surface area contributed by atoms with Gasteiger partial charge in [-0.3, -0.25) is 9.59 Å². The third kappa shape index (κ3) is 4.15. The first-order chi connectivity index (χ1) is 12.5. The Hall–Kier alpha value is -1.73. The Morgan fingerprint density at radius 3 is 2.54 bits per heavy atom. The van der Waals surface area contributed by atoms with Crippen LogP contribution in [-0.2, 0) is 16.1 Å². The minimum atomic E-state index is 0.0680. The van der Waals surface area contributed by atoms with Gasteiger partial charge in [0, 0.05) is 44.7 Å². The molecule has 2 heterocycles. The van der Waals surface area contributed by atoms with E-state index in [1.54, 1.807) is 11.8 Å². The van der Waals surface area contributed by atoms with E-state index in [4.69, 9.17) is 11.6 Å². The van der Waals surface area contributed by atoms with Gasteiger partial charge in [0.05, 0.1) is 16.8 Å². The Kier molecular flexibility index (Phi) is 6.09. The lowest BCUT2D eigenvalue weighted by Crippen LogP contribution is -2.50. The number of aryl methyl sites for hydroxylation is 1. The van der Waals surface area contributed by atoms with Gasteiger partial charge in [0.15, 0.2) is 5.16 Å². The van der Waals surface area contributed by atoms with Crippen LogP contribution in [0.1, 0.15) is 20.3 Å². The summed E-state index contributed by atoms with van der Waals surface area (Å²) in [4.78, 5) is 32.2. The Balaban J connectivity index is 1.66. The van der Waals surface area contributed by atoms with E-state index in [2.05, 4.69) is 16.5 Å². The van der Waals surface area contributed by atoms with Crippen molar-refractivity contribution in [1.82, 2.24) is 19.4 Å². The van der Waals surface area contributed by atoms with Crippen molar-refractivity contribution in [3.63, 3.8) is 0 Å². The standard InChI is InChI=1S/C18H23ClN4O2S/c1-3-6-23-16-5-4-14(19)11-15(16)20-18(23)26-12-17(25)22-9-7-21(8-10-22)13(2)24/h4-5,11H,3,6-10,12H2,1-2H3. The molecule has 1 aliphatic rings. The van der Waals surface area contributed by atoms with E-state index in [1.165, 1.54) is 11.8 Å². The van der Waals surface area contributed by atoms with E-state index >= 15 is 0 Å². The van der Waals surface area contributed by atoms with E-state index in [0.717, 1.165) is 29.2 Å². The molecule has 0 saturated carbocycles. The fourth-order valence-corrected chi connectivity index (χ4v) is 4.23. The predicted octanol–water partition coefficient (Wildman–Crippen LogP) is 2.88. The topological polar surface area (TPSA) is 58.4 Å². The molecule has 3 rings (SSSR count). The van der Waals surface area contributed by atoms with Crippen molar-refractivity contribution in [2.45, 2.75) is 32.0 Å². The Morgan fingerprint density at radius 2 is 1.88 bits per heavy atom. The van der Waals surface area contributed by atoms with Gasteiger partial charge in [-0.1, -0.05) is 30.3 Å². The molecule has 140 valence electrons. The zero-order valence-corrected chi connectivity index (χ0v) is 16.6. The van der Waals surface area contributed by atoms with E-state index in [0.29, 0.717) is 37.0 Å². The number of rotatable bonds is 5. The second-order valence-electron chi connectivity index (χ2n) is 6.35. The third-order valence-electron chi connectivity index (χ3n) is 4.52. The van der Waals surface area contributed by atoms with Crippen LogP contribution in [0.4, 0.5) is 0 Å². The van der Waals surface area contributed by atoms with E-state index in [1.807, 2.05) is 23.1 Å². The zero-order chi connectivity index (χ0) is 18.7. The maximum absolute atomic E-state index is 12.5. The highest BCUT2D eigenvalue weighted by Gasteiger charge is 2.23. The molecule has 1 fully saturated rings. The van der Waals surface area contributed by atoms with Crippen molar-refractivity contribution in [2.24, 2.45) is 0 Å². The highest BCUT2D eigenvalue weighted by molar-refractivity contribution is 7.99. The normalized spacial score (nSPS) is 14.9. The Morgan fingerprint density at radius 1 is 1.19 bits per heavy atom. The first-order valence-electron chi connectivity index (χ1n) is 8.81. The number of fused-ring (bicyclic) bond motifs is 1. The molecule has 1 aromatic heterocycles. The highest BCUT2D eigenvalue weighted by Crippen LogP contribution is 2.27. The number of nitrogens with zero attached hydrogens (tertiary/aromatic N) is 4. The molecule has 2 aromatic rings. The van der Waals surface area contributed by atoms with Crippen LogP contribution in [0.3, 0.4) is 0 Å². The van der Waals surface area contributed by atoms with Crippen LogP contribution in [0.2, 0.25) is 5.02 Å². The Bertz CT molecular complexity index is 815. The van der Waals surface area contributed by atoms with Crippen molar-refractivity contribution in [3.05, 3.63) is 23.2 Å². The first kappa shape index (κ1) is 19.0. The molecule has 0 aliphatic carbocycles. The summed E-state index contributed by atoms with van der Waals surface area (Å²) in [6.07, 6.45) is 0.989. The number of carbonyl (C=O) groups is 2. The maximum Gasteiger partial charge on any atom is 0.233 e. The number of imidazole rings is 1. The number of thioether (sulfide) groups is 1. The minimum absolute atomic E-state index is 0.0680. The van der Waals surface area contributed by atoms with Gasteiger partial charge in [-0.2, -0.15) is 0 Å². The summed E-state index contributed by atoms with van der Waals surface area (Å²) in [5, 5.41) is 1.51. The zero-order valence-electron chi connectivity index (χ0n) is 15.1. The van der Waals surface area contributed by atoms with Crippen molar-refractivity contribution >= 4 is 46.2 Å². The van der Waals surface area contributed by atoms with Gasteiger partial charge in [-0.15, -0.1) is 0 Å². The van der Waals surface area contributed by atoms with E-state index < -0.39 is 0 Å². The minimum Gasteiger partial charge on any atom is -0.339 e. The van der Waals surface area contributed by atoms with Crippen molar-refractivity contribution < 1.29 is 9.59 Å². The molecule has 1 saturated heterocycles. The molecule has 0 N–H and O–H groups in total. The fourth-order valence-electron chi connectivity index (χ4n) is 3.12. The van der Waals surface area contributed by atoms with Crippen LogP contribution < -0.4 is 0 Å². The largest absolute Gasteiger partial charge is 0.339 e. The summed E-state index contributed by atoms with van der Waals surface area (Å²) >= 11 is 7.54. The summed E-state index contributed by atoms with van der Waals surface area (Å²) in [7, 11) is 0. The van der Waals surface area contributed by atoms with Gasteiger partial charge in [-0.25, -0.2) is 4.98 Å². The number of amides is 2. The van der Waals surface area contributed by atoms with Gasteiger partial charge in [0.2, 0.25) is 11.8 Å². The second kappa shape index (κ2) is 8.31. The van der Waals surface area contributed by atoms with Crippen molar-refractivity contribution in [3.8, 4) is 0 Å². The van der Waals surface area contributed by atoms with E-state index in [9.17, 15) is 9.59 Å². The average molecular weight is 395 g/mol. The molecular formula is C18H23ClN4O2S. The number of hydrogen-bond donors (Lipinski definition) is 0. The molecule has 0 bridgehead atoms. The lowest BCUT2D eigenvalue weighted by molar-refractivity contribution is -0.136. The van der Waals surface area contributed by atoms with Gasteiger partial charge in [-0.05, 0) is 24.6 Å². The number of aromatic nitrogens is 2. The number of carbonyl (C=O) groups excluding carboxylic acids is 2. The molecule has 0 atom stereocenters. The summed E-state index contributed by atoms with van der Waals surface area (Å²) in [6.45, 7) is 6.96. The number of piperazine rings is 1. The molecule has 8 heteroatoms. The summed E-state index contributed by atoms with van der Waals surface area (Å²) < 4.78 is 2.15. The quantitative estimate of drug-likeness (QED) is 0.731. The molecule has 26 heavy (non-hydrogen) atoms. The number of halogens is 1. The SMILES string of the molecule is CCCn1c(SCC(=O)N2CCN(C(C)=O)CC2)nc2cc(Cl)ccc21. The van der Waals surface area contributed by atoms with Crippen LogP contribution in [0.15, 0.2) is 23.4 Å². The molecule has 2 amide bonds. The third-order valence-corrected chi connectivity index (χ3v) is 5.72. The lowest BCUT2D eigenvalue weighted by atomic mass is 10.3. The van der Waals surface area contributed by atoms with Crippen molar-refractivity contribution in [1.29, 1.82) is 0 Å². The smallest absolute Gasteiger partial charge is 0.233 e. The molecule has 0 spiro atoms. The summed E-state index contributed by atoms with van der Waals surface area (Å²) in [5.74, 6) is 0.505. The average Bonchev–Trinajstić information content (AvgIpc) is 2.96. The molecular weight excluding hydrogens is 372 g/mol. The molecule has 6 nitrogen and oxygen atoms in total. The van der Waals surface area contributed by atoms with Crippen LogP contribution in [0.5, 0.6) is 0 Å².